The number of nitrogens with one attached hydrogen (secondary N) is 2. The summed E-state index contributed by atoms with van der Waals surface area (Å²) >= 11 is 1.22. The Kier molecular flexibility index (Phi) is 4.83. The third-order valence-electron chi connectivity index (χ3n) is 2.35. The van der Waals surface area contributed by atoms with Gasteiger partial charge in [-0.3, -0.25) is 4.79 Å². The maximum absolute atomic E-state index is 12.0. The number of methoxy groups -OCH3 is 1. The standard InChI is InChI=1S/C12H15N5O2S/c1-3-6-13-12-17-16-11(20-12)10(18)15-8-4-5-9(19-2)14-7-8/h4-5,7H,3,6H2,1-2H3,(H,13,17)(H,15,18). The van der Waals surface area contributed by atoms with Gasteiger partial charge >= 0.3 is 0 Å². The van der Waals surface area contributed by atoms with Gasteiger partial charge in [0, 0.05) is 12.6 Å². The van der Waals surface area contributed by atoms with Gasteiger partial charge in [-0.25, -0.2) is 4.98 Å². The molecule has 0 aromatic carbocycles. The molecule has 0 spiro atoms. The van der Waals surface area contributed by atoms with Crippen molar-refractivity contribution in [3.05, 3.63) is 23.3 Å². The molecule has 2 N–H and O–H groups in total. The smallest absolute Gasteiger partial charge is 0.286 e. The fraction of sp³-hybridized carbons (Fsp3) is 0.333. The summed E-state index contributed by atoms with van der Waals surface area (Å²) in [5.41, 5.74) is 0.578. The number of amides is 1. The van der Waals surface area contributed by atoms with Gasteiger partial charge in [-0.2, -0.15) is 0 Å². The molecule has 0 unspecified atom stereocenters. The van der Waals surface area contributed by atoms with E-state index in [1.807, 2.05) is 0 Å². The topological polar surface area (TPSA) is 89.0 Å². The molecular formula is C12H15N5O2S. The van der Waals surface area contributed by atoms with Crippen molar-refractivity contribution in [3.63, 3.8) is 0 Å². The number of carbonyl (C=O) groups is 1. The first-order valence-electron chi connectivity index (χ1n) is 6.11. The fourth-order valence-corrected chi connectivity index (χ4v) is 2.04. The number of hydrogen-bond acceptors (Lipinski definition) is 7. The molecule has 0 aliphatic carbocycles. The number of hydrogen-bond donors (Lipinski definition) is 2. The van der Waals surface area contributed by atoms with Crippen molar-refractivity contribution in [1.82, 2.24) is 15.2 Å². The molecule has 0 radical (unpaired) electrons. The van der Waals surface area contributed by atoms with E-state index < -0.39 is 0 Å². The third kappa shape index (κ3) is 3.64. The number of anilines is 2. The summed E-state index contributed by atoms with van der Waals surface area (Å²) < 4.78 is 4.95. The summed E-state index contributed by atoms with van der Waals surface area (Å²) in [5, 5.41) is 14.5. The highest BCUT2D eigenvalue weighted by Gasteiger charge is 2.13. The maximum atomic E-state index is 12.0. The monoisotopic (exact) mass is 293 g/mol. The van der Waals surface area contributed by atoms with E-state index in [0.29, 0.717) is 21.7 Å². The zero-order chi connectivity index (χ0) is 14.4. The van der Waals surface area contributed by atoms with Crippen molar-refractivity contribution in [2.75, 3.05) is 24.3 Å². The van der Waals surface area contributed by atoms with Crippen LogP contribution < -0.4 is 15.4 Å². The van der Waals surface area contributed by atoms with Crippen molar-refractivity contribution < 1.29 is 9.53 Å². The van der Waals surface area contributed by atoms with E-state index in [9.17, 15) is 4.79 Å². The van der Waals surface area contributed by atoms with Crippen LogP contribution in [0.25, 0.3) is 0 Å². The SMILES string of the molecule is CCCNc1nnc(C(=O)Nc2ccc(OC)nc2)s1. The Labute approximate surface area is 120 Å². The highest BCUT2D eigenvalue weighted by atomic mass is 32.1. The van der Waals surface area contributed by atoms with Crippen LogP contribution in [0.3, 0.4) is 0 Å². The quantitative estimate of drug-likeness (QED) is 0.847. The molecule has 7 nitrogen and oxygen atoms in total. The van der Waals surface area contributed by atoms with Crippen LogP contribution in [0.15, 0.2) is 18.3 Å². The average Bonchev–Trinajstić information content (AvgIpc) is 2.95. The van der Waals surface area contributed by atoms with Gasteiger partial charge in [0.25, 0.3) is 5.91 Å². The first-order valence-corrected chi connectivity index (χ1v) is 6.93. The second-order valence-electron chi connectivity index (χ2n) is 3.88. The summed E-state index contributed by atoms with van der Waals surface area (Å²) in [7, 11) is 1.53. The molecule has 106 valence electrons. The van der Waals surface area contributed by atoms with Crippen LogP contribution in [0, 0.1) is 0 Å². The highest BCUT2D eigenvalue weighted by molar-refractivity contribution is 7.17. The van der Waals surface area contributed by atoms with Crippen LogP contribution in [0.5, 0.6) is 5.88 Å². The molecule has 20 heavy (non-hydrogen) atoms. The third-order valence-corrected chi connectivity index (χ3v) is 3.23. The molecule has 2 aromatic rings. The van der Waals surface area contributed by atoms with Crippen molar-refractivity contribution in [1.29, 1.82) is 0 Å². The van der Waals surface area contributed by atoms with Gasteiger partial charge in [0.1, 0.15) is 0 Å². The van der Waals surface area contributed by atoms with Crippen molar-refractivity contribution in [2.24, 2.45) is 0 Å². The van der Waals surface area contributed by atoms with Crippen LogP contribution >= 0.6 is 11.3 Å². The molecule has 1 amide bonds. The normalized spacial score (nSPS) is 10.1. The van der Waals surface area contributed by atoms with E-state index in [1.165, 1.54) is 24.6 Å². The lowest BCUT2D eigenvalue weighted by Gasteiger charge is -2.03. The van der Waals surface area contributed by atoms with Crippen LogP contribution in [0.4, 0.5) is 10.8 Å². The number of nitrogens with zero attached hydrogens (tertiary/aromatic N) is 3. The molecule has 0 aliphatic heterocycles. The lowest BCUT2D eigenvalue weighted by molar-refractivity contribution is 0.102. The Morgan fingerprint density at radius 3 is 2.90 bits per heavy atom. The van der Waals surface area contributed by atoms with Gasteiger partial charge in [-0.05, 0) is 12.5 Å². The second kappa shape index (κ2) is 6.80. The second-order valence-corrected chi connectivity index (χ2v) is 4.86. The summed E-state index contributed by atoms with van der Waals surface area (Å²) in [6.07, 6.45) is 2.51. The predicted molar refractivity (Wildman–Crippen MR) is 77.4 cm³/mol. The average molecular weight is 293 g/mol. The Bertz CT molecular complexity index is 569. The molecule has 0 atom stereocenters. The Morgan fingerprint density at radius 1 is 1.40 bits per heavy atom. The molecule has 8 heteroatoms. The van der Waals surface area contributed by atoms with Gasteiger partial charge in [-0.1, -0.05) is 18.3 Å². The first-order chi connectivity index (χ1) is 9.72. The molecule has 0 aliphatic rings. The molecule has 0 saturated carbocycles. The van der Waals surface area contributed by atoms with E-state index in [-0.39, 0.29) is 5.91 Å². The van der Waals surface area contributed by atoms with Crippen LogP contribution in [-0.4, -0.2) is 34.7 Å². The molecule has 2 rings (SSSR count). The van der Waals surface area contributed by atoms with Crippen molar-refractivity contribution in [2.45, 2.75) is 13.3 Å². The Morgan fingerprint density at radius 2 is 2.25 bits per heavy atom. The van der Waals surface area contributed by atoms with Gasteiger partial charge in [0.05, 0.1) is 19.0 Å². The summed E-state index contributed by atoms with van der Waals surface area (Å²) in [6, 6.07) is 3.38. The van der Waals surface area contributed by atoms with Gasteiger partial charge in [0.15, 0.2) is 0 Å². The first kappa shape index (κ1) is 14.2. The van der Waals surface area contributed by atoms with Crippen molar-refractivity contribution in [3.8, 4) is 5.88 Å². The summed E-state index contributed by atoms with van der Waals surface area (Å²) in [5.74, 6) is 0.184. The number of rotatable bonds is 6. The minimum Gasteiger partial charge on any atom is -0.481 e. The fourth-order valence-electron chi connectivity index (χ4n) is 1.38. The van der Waals surface area contributed by atoms with Crippen molar-refractivity contribution >= 4 is 28.1 Å². The van der Waals surface area contributed by atoms with Gasteiger partial charge in [-0.15, -0.1) is 10.2 Å². The van der Waals surface area contributed by atoms with Crippen LogP contribution in [-0.2, 0) is 0 Å². The van der Waals surface area contributed by atoms with Crippen LogP contribution in [0.2, 0.25) is 0 Å². The molecule has 0 saturated heterocycles. The molecule has 2 heterocycles. The lowest BCUT2D eigenvalue weighted by Crippen LogP contribution is -2.11. The number of pyridine rings is 1. The molecular weight excluding hydrogens is 278 g/mol. The minimum atomic E-state index is -0.306. The molecule has 0 bridgehead atoms. The largest absolute Gasteiger partial charge is 0.481 e. The zero-order valence-corrected chi connectivity index (χ0v) is 12.0. The van der Waals surface area contributed by atoms with E-state index in [2.05, 4.69) is 32.7 Å². The lowest BCUT2D eigenvalue weighted by atomic mass is 10.4. The number of aromatic nitrogens is 3. The van der Waals surface area contributed by atoms with E-state index in [1.54, 1.807) is 12.1 Å². The molecule has 2 aromatic heterocycles. The zero-order valence-electron chi connectivity index (χ0n) is 11.2. The number of ether oxygens (including phenoxy) is 1. The predicted octanol–water partition coefficient (Wildman–Crippen LogP) is 2.02. The summed E-state index contributed by atoms with van der Waals surface area (Å²) in [4.78, 5) is 16.0. The van der Waals surface area contributed by atoms with E-state index >= 15 is 0 Å². The Balaban J connectivity index is 1.98. The van der Waals surface area contributed by atoms with E-state index in [4.69, 9.17) is 4.74 Å². The minimum absolute atomic E-state index is 0.305. The van der Waals surface area contributed by atoms with Gasteiger partial charge < -0.3 is 15.4 Å². The number of carbonyl (C=O) groups excluding carboxylic acids is 1. The molecule has 0 fully saturated rings. The van der Waals surface area contributed by atoms with Gasteiger partial charge in [0.2, 0.25) is 16.0 Å². The summed E-state index contributed by atoms with van der Waals surface area (Å²) in [6.45, 7) is 2.86. The Hall–Kier alpha value is -2.22. The maximum Gasteiger partial charge on any atom is 0.286 e. The van der Waals surface area contributed by atoms with E-state index in [0.717, 1.165) is 13.0 Å². The highest BCUT2D eigenvalue weighted by Crippen LogP contribution is 2.17. The van der Waals surface area contributed by atoms with Crippen LogP contribution in [0.1, 0.15) is 23.1 Å².